The molecule has 0 aliphatic carbocycles. The Balaban J connectivity index is 2.43. The minimum atomic E-state index is -0.461. The van der Waals surface area contributed by atoms with Crippen molar-refractivity contribution in [2.45, 2.75) is 67.3 Å². The third kappa shape index (κ3) is 4.61. The van der Waals surface area contributed by atoms with E-state index in [9.17, 15) is 4.79 Å². The van der Waals surface area contributed by atoms with E-state index in [1.165, 1.54) is 0 Å². The van der Waals surface area contributed by atoms with E-state index in [1.54, 1.807) is 13.0 Å². The number of benzene rings is 1. The number of rotatable bonds is 4. The topological polar surface area (TPSA) is 37.6 Å². The smallest absolute Gasteiger partial charge is 0.225 e. The van der Waals surface area contributed by atoms with Crippen LogP contribution in [0.1, 0.15) is 59.2 Å². The summed E-state index contributed by atoms with van der Waals surface area (Å²) in [6.45, 7) is 16.4. The van der Waals surface area contributed by atoms with Gasteiger partial charge in [-0.05, 0) is 63.3 Å². The van der Waals surface area contributed by atoms with Gasteiger partial charge in [0.15, 0.2) is 0 Å². The standard InChI is InChI=1S/C25H31Cl2N3O/c1-15-12-16(2)29-20(13-15)28-22(18-10-9-11-19(26)21(18)27)23(29)30(17(3)31)25(7,8)14-24(4,5)6/h9-13H,14H2,1-8H3. The van der Waals surface area contributed by atoms with E-state index in [1.807, 2.05) is 41.3 Å². The van der Waals surface area contributed by atoms with Crippen LogP contribution in [0.2, 0.25) is 10.0 Å². The molecule has 0 spiro atoms. The fourth-order valence-electron chi connectivity index (χ4n) is 4.83. The van der Waals surface area contributed by atoms with E-state index in [2.05, 4.69) is 40.7 Å². The van der Waals surface area contributed by atoms with Gasteiger partial charge in [0.1, 0.15) is 17.2 Å². The summed E-state index contributed by atoms with van der Waals surface area (Å²) in [7, 11) is 0. The van der Waals surface area contributed by atoms with Crippen molar-refractivity contribution in [3.05, 3.63) is 51.6 Å². The fourth-order valence-corrected chi connectivity index (χ4v) is 5.22. The molecule has 0 N–H and O–H groups in total. The molecular formula is C25H31Cl2N3O. The highest BCUT2D eigenvalue weighted by Gasteiger charge is 2.38. The van der Waals surface area contributed by atoms with Crippen LogP contribution in [0.15, 0.2) is 30.3 Å². The van der Waals surface area contributed by atoms with Crippen LogP contribution in [0.25, 0.3) is 16.9 Å². The Hall–Kier alpha value is -2.04. The molecule has 0 radical (unpaired) electrons. The molecule has 0 aliphatic heterocycles. The Morgan fingerprint density at radius 3 is 2.32 bits per heavy atom. The van der Waals surface area contributed by atoms with Crippen molar-refractivity contribution in [3.63, 3.8) is 0 Å². The van der Waals surface area contributed by atoms with E-state index in [-0.39, 0.29) is 11.3 Å². The average molecular weight is 460 g/mol. The summed E-state index contributed by atoms with van der Waals surface area (Å²) in [5.41, 5.74) is 3.81. The van der Waals surface area contributed by atoms with Gasteiger partial charge < -0.3 is 0 Å². The second-order valence-corrected chi connectivity index (χ2v) is 10.9. The number of aromatic nitrogens is 2. The number of fused-ring (bicyclic) bond motifs is 1. The fraction of sp³-hybridized carbons (Fsp3) is 0.440. The number of halogens is 2. The number of hydrogen-bond acceptors (Lipinski definition) is 2. The molecule has 4 nitrogen and oxygen atoms in total. The molecule has 31 heavy (non-hydrogen) atoms. The number of amides is 1. The second-order valence-electron chi connectivity index (χ2n) is 10.2. The number of imidazole rings is 1. The number of pyridine rings is 1. The maximum Gasteiger partial charge on any atom is 0.225 e. The Labute approximate surface area is 195 Å². The first-order valence-corrected chi connectivity index (χ1v) is 11.2. The number of aryl methyl sites for hydroxylation is 2. The van der Waals surface area contributed by atoms with Gasteiger partial charge in [0.05, 0.1) is 10.0 Å². The van der Waals surface area contributed by atoms with Gasteiger partial charge in [-0.2, -0.15) is 0 Å². The molecule has 1 aromatic carbocycles. The van der Waals surface area contributed by atoms with Crippen LogP contribution in [-0.2, 0) is 4.79 Å². The summed E-state index contributed by atoms with van der Waals surface area (Å²) in [5.74, 6) is 0.675. The lowest BCUT2D eigenvalue weighted by Crippen LogP contribution is -2.50. The highest BCUT2D eigenvalue weighted by molar-refractivity contribution is 6.43. The molecule has 2 aromatic heterocycles. The molecule has 0 aliphatic rings. The van der Waals surface area contributed by atoms with Crippen LogP contribution in [-0.4, -0.2) is 20.8 Å². The quantitative estimate of drug-likeness (QED) is 0.404. The minimum Gasteiger partial charge on any atom is -0.291 e. The maximum absolute atomic E-state index is 13.2. The lowest BCUT2D eigenvalue weighted by Gasteiger charge is -2.42. The van der Waals surface area contributed by atoms with Crippen molar-refractivity contribution in [2.75, 3.05) is 4.90 Å². The monoisotopic (exact) mass is 459 g/mol. The Morgan fingerprint density at radius 2 is 1.74 bits per heavy atom. The SMILES string of the molecule is CC(=O)N(c1c(-c2cccc(Cl)c2Cl)nc2cc(C)cc(C)n12)C(C)(C)CC(C)(C)C. The molecule has 0 saturated heterocycles. The van der Waals surface area contributed by atoms with Gasteiger partial charge in [0.25, 0.3) is 0 Å². The first-order valence-electron chi connectivity index (χ1n) is 10.5. The molecular weight excluding hydrogens is 429 g/mol. The highest BCUT2D eigenvalue weighted by Crippen LogP contribution is 2.43. The Morgan fingerprint density at radius 1 is 1.10 bits per heavy atom. The number of anilines is 1. The summed E-state index contributed by atoms with van der Waals surface area (Å²) in [4.78, 5) is 20.0. The van der Waals surface area contributed by atoms with Crippen molar-refractivity contribution in [2.24, 2.45) is 5.41 Å². The molecule has 3 aromatic rings. The summed E-state index contributed by atoms with van der Waals surface area (Å²) >= 11 is 13.0. The van der Waals surface area contributed by atoms with Gasteiger partial charge in [-0.3, -0.25) is 14.1 Å². The molecule has 0 fully saturated rings. The van der Waals surface area contributed by atoms with E-state index in [4.69, 9.17) is 28.2 Å². The second kappa shape index (κ2) is 8.14. The summed E-state index contributed by atoms with van der Waals surface area (Å²) in [5, 5.41) is 0.888. The maximum atomic E-state index is 13.2. The molecule has 0 unspecified atom stereocenters. The first-order chi connectivity index (χ1) is 14.2. The highest BCUT2D eigenvalue weighted by atomic mass is 35.5. The molecule has 6 heteroatoms. The van der Waals surface area contributed by atoms with Gasteiger partial charge in [0.2, 0.25) is 5.91 Å². The zero-order valence-corrected chi connectivity index (χ0v) is 21.1. The van der Waals surface area contributed by atoms with Gasteiger partial charge in [-0.15, -0.1) is 0 Å². The van der Waals surface area contributed by atoms with Gasteiger partial charge in [0, 0.05) is 23.7 Å². The molecule has 166 valence electrons. The Bertz CT molecular complexity index is 1160. The third-order valence-corrected chi connectivity index (χ3v) is 6.15. The number of nitrogens with zero attached hydrogens (tertiary/aromatic N) is 3. The van der Waals surface area contributed by atoms with Gasteiger partial charge >= 0.3 is 0 Å². The van der Waals surface area contributed by atoms with Crippen molar-refractivity contribution in [3.8, 4) is 11.3 Å². The van der Waals surface area contributed by atoms with Crippen molar-refractivity contribution >= 4 is 40.6 Å². The zero-order chi connectivity index (χ0) is 23.3. The van der Waals surface area contributed by atoms with Crippen LogP contribution >= 0.6 is 23.2 Å². The van der Waals surface area contributed by atoms with Crippen LogP contribution in [0, 0.1) is 19.3 Å². The average Bonchev–Trinajstić information content (AvgIpc) is 2.93. The molecule has 0 atom stereocenters. The lowest BCUT2D eigenvalue weighted by atomic mass is 9.80. The lowest BCUT2D eigenvalue weighted by molar-refractivity contribution is -0.117. The zero-order valence-electron chi connectivity index (χ0n) is 19.6. The van der Waals surface area contributed by atoms with E-state index >= 15 is 0 Å². The molecule has 0 saturated carbocycles. The Kier molecular flexibility index (Phi) is 6.20. The predicted octanol–water partition coefficient (Wildman–Crippen LogP) is 7.49. The summed E-state index contributed by atoms with van der Waals surface area (Å²) in [6.07, 6.45) is 0.806. The number of carbonyl (C=O) groups excluding carboxylic acids is 1. The minimum absolute atomic E-state index is 0.0250. The molecule has 2 heterocycles. The molecule has 3 rings (SSSR count). The summed E-state index contributed by atoms with van der Waals surface area (Å²) in [6, 6.07) is 9.62. The van der Waals surface area contributed by atoms with E-state index in [0.717, 1.165) is 29.1 Å². The van der Waals surface area contributed by atoms with Crippen LogP contribution in [0.4, 0.5) is 5.82 Å². The van der Waals surface area contributed by atoms with Crippen molar-refractivity contribution < 1.29 is 4.79 Å². The first kappa shape index (κ1) is 23.6. The van der Waals surface area contributed by atoms with Crippen molar-refractivity contribution in [1.29, 1.82) is 0 Å². The largest absolute Gasteiger partial charge is 0.291 e. The van der Waals surface area contributed by atoms with E-state index < -0.39 is 5.54 Å². The normalized spacial score (nSPS) is 12.5. The molecule has 1 amide bonds. The summed E-state index contributed by atoms with van der Waals surface area (Å²) < 4.78 is 2.05. The van der Waals surface area contributed by atoms with Crippen molar-refractivity contribution in [1.82, 2.24) is 9.38 Å². The van der Waals surface area contributed by atoms with Crippen LogP contribution in [0.3, 0.4) is 0 Å². The van der Waals surface area contributed by atoms with Gasteiger partial charge in [-0.25, -0.2) is 4.98 Å². The van der Waals surface area contributed by atoms with E-state index in [0.29, 0.717) is 21.3 Å². The molecule has 0 bridgehead atoms. The van der Waals surface area contributed by atoms with Gasteiger partial charge in [-0.1, -0.05) is 56.1 Å². The number of carbonyl (C=O) groups is 1. The number of hydrogen-bond donors (Lipinski definition) is 0. The third-order valence-electron chi connectivity index (χ3n) is 5.33. The van der Waals surface area contributed by atoms with Crippen LogP contribution < -0.4 is 4.90 Å². The predicted molar refractivity (Wildman–Crippen MR) is 131 cm³/mol. The van der Waals surface area contributed by atoms with Crippen LogP contribution in [0.5, 0.6) is 0 Å².